The van der Waals surface area contributed by atoms with E-state index in [9.17, 15) is 4.79 Å². The van der Waals surface area contributed by atoms with Crippen LogP contribution < -0.4 is 10.1 Å². The molecule has 0 aliphatic heterocycles. The fourth-order valence-electron chi connectivity index (χ4n) is 3.06. The second-order valence-corrected chi connectivity index (χ2v) is 8.51. The van der Waals surface area contributed by atoms with E-state index in [4.69, 9.17) is 16.3 Å². The highest BCUT2D eigenvalue weighted by atomic mass is 35.5. The molecule has 3 aromatic carbocycles. The van der Waals surface area contributed by atoms with Gasteiger partial charge in [0.05, 0.1) is 7.11 Å². The van der Waals surface area contributed by atoms with Gasteiger partial charge in [0.2, 0.25) is 0 Å². The number of anilines is 1. The van der Waals surface area contributed by atoms with E-state index in [1.165, 1.54) is 18.4 Å². The largest absolute Gasteiger partial charge is 0.496 e. The van der Waals surface area contributed by atoms with Crippen molar-refractivity contribution in [2.75, 3.05) is 12.4 Å². The quantitative estimate of drug-likeness (QED) is 0.357. The molecule has 0 radical (unpaired) electrons. The van der Waals surface area contributed by atoms with Crippen LogP contribution in [0.15, 0.2) is 71.6 Å². The van der Waals surface area contributed by atoms with Crippen LogP contribution in [0.2, 0.25) is 5.02 Å². The van der Waals surface area contributed by atoms with Crippen LogP contribution in [0.3, 0.4) is 0 Å². The van der Waals surface area contributed by atoms with E-state index in [1.54, 1.807) is 24.9 Å². The van der Waals surface area contributed by atoms with E-state index in [0.29, 0.717) is 16.3 Å². The number of benzene rings is 3. The lowest BCUT2D eigenvalue weighted by Crippen LogP contribution is -2.12. The Labute approximate surface area is 187 Å². The Morgan fingerprint density at radius 1 is 1.03 bits per heavy atom. The van der Waals surface area contributed by atoms with Gasteiger partial charge in [-0.15, -0.1) is 11.8 Å². The Hall–Kier alpha value is -2.43. The molecule has 0 fully saturated rings. The molecule has 0 saturated carbocycles. The highest BCUT2D eigenvalue weighted by Crippen LogP contribution is 2.29. The average Bonchev–Trinajstić information content (AvgIpc) is 2.78. The van der Waals surface area contributed by atoms with Gasteiger partial charge < -0.3 is 10.1 Å². The summed E-state index contributed by atoms with van der Waals surface area (Å²) in [4.78, 5) is 13.9. The van der Waals surface area contributed by atoms with Crippen LogP contribution in [-0.2, 0) is 12.2 Å². The van der Waals surface area contributed by atoms with Crippen molar-refractivity contribution >= 4 is 35.0 Å². The summed E-state index contributed by atoms with van der Waals surface area (Å²) in [5.41, 5.74) is 3.67. The van der Waals surface area contributed by atoms with Crippen molar-refractivity contribution in [3.8, 4) is 5.75 Å². The van der Waals surface area contributed by atoms with E-state index in [-0.39, 0.29) is 5.91 Å². The third-order valence-corrected chi connectivity index (χ3v) is 6.09. The van der Waals surface area contributed by atoms with Crippen molar-refractivity contribution in [2.24, 2.45) is 0 Å². The van der Waals surface area contributed by atoms with Gasteiger partial charge in [0, 0.05) is 32.5 Å². The topological polar surface area (TPSA) is 38.3 Å². The molecule has 0 unspecified atom stereocenters. The average molecular weight is 440 g/mol. The van der Waals surface area contributed by atoms with Crippen molar-refractivity contribution in [2.45, 2.75) is 36.8 Å². The van der Waals surface area contributed by atoms with E-state index in [1.807, 2.05) is 48.5 Å². The summed E-state index contributed by atoms with van der Waals surface area (Å²) in [6.07, 6.45) is 3.42. The van der Waals surface area contributed by atoms with Gasteiger partial charge in [0.1, 0.15) is 5.75 Å². The molecule has 5 heteroatoms. The number of carbonyl (C=O) groups excluding carboxylic acids is 1. The maximum Gasteiger partial charge on any atom is 0.255 e. The minimum absolute atomic E-state index is 0.128. The number of aryl methyl sites for hydroxylation is 1. The number of rotatable bonds is 9. The molecule has 0 aromatic heterocycles. The maximum atomic E-state index is 12.8. The molecule has 0 aliphatic rings. The van der Waals surface area contributed by atoms with Gasteiger partial charge in [-0.25, -0.2) is 0 Å². The van der Waals surface area contributed by atoms with Gasteiger partial charge >= 0.3 is 0 Å². The normalized spacial score (nSPS) is 10.6. The molecular formula is C25H26ClNO2S. The smallest absolute Gasteiger partial charge is 0.255 e. The molecule has 0 bridgehead atoms. The SMILES string of the molecule is CCCCc1ccc(NC(=O)c2ccc(OC)c(CSc3ccc(Cl)cc3)c2)cc1. The van der Waals surface area contributed by atoms with Crippen LogP contribution in [-0.4, -0.2) is 13.0 Å². The highest BCUT2D eigenvalue weighted by molar-refractivity contribution is 7.98. The number of ether oxygens (including phenoxy) is 1. The van der Waals surface area contributed by atoms with Gasteiger partial charge in [0.15, 0.2) is 0 Å². The molecule has 156 valence electrons. The van der Waals surface area contributed by atoms with Crippen LogP contribution in [0.5, 0.6) is 5.75 Å². The lowest BCUT2D eigenvalue weighted by atomic mass is 10.1. The molecular weight excluding hydrogens is 414 g/mol. The number of hydrogen-bond acceptors (Lipinski definition) is 3. The standard InChI is InChI=1S/C25H26ClNO2S/c1-3-4-5-18-6-11-22(12-7-18)27-25(28)19-8-15-24(29-2)20(16-19)17-30-23-13-9-21(26)10-14-23/h6-16H,3-5,17H2,1-2H3,(H,27,28). The molecule has 30 heavy (non-hydrogen) atoms. The van der Waals surface area contributed by atoms with Crippen molar-refractivity contribution in [3.63, 3.8) is 0 Å². The number of nitrogens with one attached hydrogen (secondary N) is 1. The van der Waals surface area contributed by atoms with E-state index >= 15 is 0 Å². The first-order valence-electron chi connectivity index (χ1n) is 10.0. The number of methoxy groups -OCH3 is 1. The van der Waals surface area contributed by atoms with Gasteiger partial charge in [-0.1, -0.05) is 37.1 Å². The van der Waals surface area contributed by atoms with Gasteiger partial charge in [-0.05, 0) is 73.0 Å². The molecule has 0 atom stereocenters. The van der Waals surface area contributed by atoms with Crippen molar-refractivity contribution in [1.82, 2.24) is 0 Å². The fraction of sp³-hybridized carbons (Fsp3) is 0.240. The van der Waals surface area contributed by atoms with E-state index in [2.05, 4.69) is 24.4 Å². The first-order chi connectivity index (χ1) is 14.6. The predicted molar refractivity (Wildman–Crippen MR) is 127 cm³/mol. The number of carbonyl (C=O) groups is 1. The Morgan fingerprint density at radius 2 is 1.77 bits per heavy atom. The molecule has 1 N–H and O–H groups in total. The first kappa shape index (κ1) is 22.3. The highest BCUT2D eigenvalue weighted by Gasteiger charge is 2.11. The summed E-state index contributed by atoms with van der Waals surface area (Å²) < 4.78 is 5.49. The lowest BCUT2D eigenvalue weighted by molar-refractivity contribution is 0.102. The summed E-state index contributed by atoms with van der Waals surface area (Å²) >= 11 is 7.63. The third kappa shape index (κ3) is 6.28. The zero-order valence-electron chi connectivity index (χ0n) is 17.3. The molecule has 3 rings (SSSR count). The Balaban J connectivity index is 1.68. The summed E-state index contributed by atoms with van der Waals surface area (Å²) in [6, 6.07) is 21.3. The van der Waals surface area contributed by atoms with Crippen LogP contribution in [0, 0.1) is 0 Å². The van der Waals surface area contributed by atoms with Crippen LogP contribution in [0.25, 0.3) is 0 Å². The van der Waals surface area contributed by atoms with E-state index < -0.39 is 0 Å². The zero-order chi connectivity index (χ0) is 21.3. The minimum atomic E-state index is -0.128. The summed E-state index contributed by atoms with van der Waals surface area (Å²) in [5, 5.41) is 3.70. The van der Waals surface area contributed by atoms with Crippen molar-refractivity contribution in [3.05, 3.63) is 88.4 Å². The van der Waals surface area contributed by atoms with Crippen LogP contribution in [0.1, 0.15) is 41.3 Å². The second kappa shape index (κ2) is 11.1. The molecule has 3 nitrogen and oxygen atoms in total. The fourth-order valence-corrected chi connectivity index (χ4v) is 4.07. The molecule has 0 aliphatic carbocycles. The number of amides is 1. The zero-order valence-corrected chi connectivity index (χ0v) is 18.9. The van der Waals surface area contributed by atoms with Gasteiger partial charge in [0.25, 0.3) is 5.91 Å². The van der Waals surface area contributed by atoms with Crippen LogP contribution >= 0.6 is 23.4 Å². The van der Waals surface area contributed by atoms with Crippen molar-refractivity contribution in [1.29, 1.82) is 0 Å². The number of hydrogen-bond donors (Lipinski definition) is 1. The Morgan fingerprint density at radius 3 is 2.43 bits per heavy atom. The Bertz CT molecular complexity index is 971. The monoisotopic (exact) mass is 439 g/mol. The lowest BCUT2D eigenvalue weighted by Gasteiger charge is -2.12. The molecule has 3 aromatic rings. The summed E-state index contributed by atoms with van der Waals surface area (Å²) in [7, 11) is 1.64. The molecule has 1 amide bonds. The van der Waals surface area contributed by atoms with Gasteiger partial charge in [-0.3, -0.25) is 4.79 Å². The molecule has 0 saturated heterocycles. The van der Waals surface area contributed by atoms with Crippen molar-refractivity contribution < 1.29 is 9.53 Å². The first-order valence-corrected chi connectivity index (χ1v) is 11.4. The van der Waals surface area contributed by atoms with Crippen LogP contribution in [0.4, 0.5) is 5.69 Å². The minimum Gasteiger partial charge on any atom is -0.496 e. The second-order valence-electron chi connectivity index (χ2n) is 7.02. The number of halogens is 1. The van der Waals surface area contributed by atoms with Gasteiger partial charge in [-0.2, -0.15) is 0 Å². The van der Waals surface area contributed by atoms with E-state index in [0.717, 1.165) is 28.3 Å². The maximum absolute atomic E-state index is 12.8. The number of thioether (sulfide) groups is 1. The summed E-state index contributed by atoms with van der Waals surface area (Å²) in [5.74, 6) is 1.34. The Kier molecular flexibility index (Phi) is 8.23. The predicted octanol–water partition coefficient (Wildman–Crippen LogP) is 7.24. The number of unbranched alkanes of at least 4 members (excludes halogenated alkanes) is 1. The molecule has 0 spiro atoms. The molecule has 0 heterocycles. The third-order valence-electron chi connectivity index (χ3n) is 4.78. The summed E-state index contributed by atoms with van der Waals surface area (Å²) in [6.45, 7) is 2.19.